The summed E-state index contributed by atoms with van der Waals surface area (Å²) in [5.74, 6) is 0.507. The zero-order valence-corrected chi connectivity index (χ0v) is 21.6. The number of nitrogens with zero attached hydrogens (tertiary/aromatic N) is 1. The van der Waals surface area contributed by atoms with Crippen LogP contribution in [0.5, 0.6) is 0 Å². The van der Waals surface area contributed by atoms with Gasteiger partial charge in [0.1, 0.15) is 11.9 Å². The number of esters is 1. The number of rotatable bonds is 7. The summed E-state index contributed by atoms with van der Waals surface area (Å²) in [7, 11) is 0. The van der Waals surface area contributed by atoms with E-state index in [0.29, 0.717) is 25.0 Å². The Morgan fingerprint density at radius 1 is 1.05 bits per heavy atom. The number of carbonyl (C=O) groups is 1. The third kappa shape index (κ3) is 5.10. The van der Waals surface area contributed by atoms with Crippen molar-refractivity contribution in [1.82, 2.24) is 4.98 Å². The Morgan fingerprint density at radius 3 is 2.59 bits per heavy atom. The van der Waals surface area contributed by atoms with Crippen molar-refractivity contribution in [2.24, 2.45) is 29.1 Å². The normalized spacial score (nSPS) is 29.3. The fourth-order valence-corrected chi connectivity index (χ4v) is 6.30. The Balaban J connectivity index is 1.36. The molecule has 0 radical (unpaired) electrons. The molecule has 1 aliphatic heterocycles. The molecule has 2 heterocycles. The lowest BCUT2D eigenvalue weighted by Crippen LogP contribution is -2.50. The van der Waals surface area contributed by atoms with E-state index < -0.39 is 5.41 Å². The molecule has 4 nitrogen and oxygen atoms in total. The van der Waals surface area contributed by atoms with E-state index in [2.05, 4.69) is 24.9 Å². The maximum Gasteiger partial charge on any atom is 0.315 e. The molecular weight excluding hydrogens is 465 g/mol. The molecule has 1 aromatic heterocycles. The summed E-state index contributed by atoms with van der Waals surface area (Å²) in [5.41, 5.74) is 2.94. The first-order valence-corrected chi connectivity index (χ1v) is 13.1. The van der Waals surface area contributed by atoms with Crippen LogP contribution < -0.4 is 0 Å². The van der Waals surface area contributed by atoms with Gasteiger partial charge in [-0.2, -0.15) is 0 Å². The van der Waals surface area contributed by atoms with Crippen molar-refractivity contribution >= 4 is 12.0 Å². The van der Waals surface area contributed by atoms with Gasteiger partial charge in [0.15, 0.2) is 0 Å². The van der Waals surface area contributed by atoms with Crippen molar-refractivity contribution in [2.45, 2.75) is 39.9 Å². The average Bonchev–Trinajstić information content (AvgIpc) is 3.14. The topological polar surface area (TPSA) is 48.4 Å². The van der Waals surface area contributed by atoms with E-state index >= 15 is 0 Å². The van der Waals surface area contributed by atoms with Crippen LogP contribution >= 0.6 is 0 Å². The third-order valence-corrected chi connectivity index (χ3v) is 8.35. The Bertz CT molecular complexity index is 1260. The van der Waals surface area contributed by atoms with Crippen LogP contribution in [0.25, 0.3) is 17.2 Å². The molecule has 2 aliphatic rings. The van der Waals surface area contributed by atoms with Gasteiger partial charge in [-0.25, -0.2) is 4.39 Å². The van der Waals surface area contributed by atoms with Crippen LogP contribution in [0.2, 0.25) is 0 Å². The van der Waals surface area contributed by atoms with Crippen molar-refractivity contribution < 1.29 is 18.7 Å². The van der Waals surface area contributed by atoms with Gasteiger partial charge in [0.05, 0.1) is 24.3 Å². The van der Waals surface area contributed by atoms with Gasteiger partial charge >= 0.3 is 5.97 Å². The highest BCUT2D eigenvalue weighted by atomic mass is 19.1. The Kier molecular flexibility index (Phi) is 7.25. The van der Waals surface area contributed by atoms with Crippen LogP contribution in [0.15, 0.2) is 79.0 Å². The van der Waals surface area contributed by atoms with Crippen LogP contribution in [0.3, 0.4) is 0 Å². The molecule has 0 bridgehead atoms. The molecule has 1 aliphatic carbocycles. The molecule has 5 rings (SSSR count). The number of benzene rings is 2. The molecular formula is C32H34FNO3. The summed E-state index contributed by atoms with van der Waals surface area (Å²) in [6, 6.07) is 20.5. The van der Waals surface area contributed by atoms with E-state index in [1.165, 1.54) is 12.1 Å². The van der Waals surface area contributed by atoms with Crippen molar-refractivity contribution in [2.75, 3.05) is 6.61 Å². The van der Waals surface area contributed by atoms with Gasteiger partial charge in [-0.05, 0) is 66.5 Å². The van der Waals surface area contributed by atoms with Crippen LogP contribution in [0.4, 0.5) is 4.39 Å². The average molecular weight is 500 g/mol. The highest BCUT2D eigenvalue weighted by Gasteiger charge is 2.62. The number of ether oxygens (including phenoxy) is 2. The molecule has 3 aromatic rings. The van der Waals surface area contributed by atoms with Gasteiger partial charge in [-0.1, -0.05) is 68.5 Å². The second-order valence-electron chi connectivity index (χ2n) is 10.7. The molecule has 1 saturated carbocycles. The maximum absolute atomic E-state index is 13.6. The van der Waals surface area contributed by atoms with Gasteiger partial charge in [0.25, 0.3) is 0 Å². The minimum Gasteiger partial charge on any atom is -0.462 e. The summed E-state index contributed by atoms with van der Waals surface area (Å²) in [4.78, 5) is 17.9. The van der Waals surface area contributed by atoms with Crippen LogP contribution in [0.1, 0.15) is 38.4 Å². The van der Waals surface area contributed by atoms with Crippen LogP contribution in [0, 0.1) is 34.9 Å². The summed E-state index contributed by atoms with van der Waals surface area (Å²) in [6.07, 6.45) is 6.61. The fourth-order valence-electron chi connectivity index (χ4n) is 6.30. The van der Waals surface area contributed by atoms with Gasteiger partial charge in [0, 0.05) is 17.7 Å². The summed E-state index contributed by atoms with van der Waals surface area (Å²) >= 11 is 0. The van der Waals surface area contributed by atoms with Gasteiger partial charge in [-0.15, -0.1) is 0 Å². The number of hydrogen-bond acceptors (Lipinski definition) is 4. The van der Waals surface area contributed by atoms with E-state index in [9.17, 15) is 9.18 Å². The Labute approximate surface area is 218 Å². The van der Waals surface area contributed by atoms with Crippen LogP contribution in [-0.2, 0) is 20.9 Å². The number of allylic oxidation sites excluding steroid dienone is 1. The van der Waals surface area contributed by atoms with Crippen molar-refractivity contribution in [3.8, 4) is 11.1 Å². The number of halogens is 1. The number of pyridine rings is 1. The molecule has 6 atom stereocenters. The SMILES string of the molecule is C[C@H]1[C@H](/C=C/c2ccc(-c3cccc(F)c3)cn2)[C@@H]2[C@@H](C)OC(=O)[C@]2(COCc2ccccc2)C[C@@H]1C. The molecule has 5 heteroatoms. The first-order chi connectivity index (χ1) is 17.9. The largest absolute Gasteiger partial charge is 0.462 e. The van der Waals surface area contributed by atoms with Gasteiger partial charge in [-0.3, -0.25) is 9.78 Å². The number of hydrogen-bond donors (Lipinski definition) is 0. The van der Waals surface area contributed by atoms with E-state index in [-0.39, 0.29) is 29.7 Å². The number of aromatic nitrogens is 1. The smallest absolute Gasteiger partial charge is 0.315 e. The molecule has 0 amide bonds. The van der Waals surface area contributed by atoms with E-state index in [4.69, 9.17) is 9.47 Å². The predicted molar refractivity (Wildman–Crippen MR) is 143 cm³/mol. The zero-order chi connectivity index (χ0) is 26.0. The molecule has 1 saturated heterocycles. The van der Waals surface area contributed by atoms with E-state index in [0.717, 1.165) is 28.8 Å². The predicted octanol–water partition coefficient (Wildman–Crippen LogP) is 6.96. The van der Waals surface area contributed by atoms with Crippen LogP contribution in [-0.4, -0.2) is 23.7 Å². The number of cyclic esters (lactones) is 1. The molecule has 192 valence electrons. The lowest BCUT2D eigenvalue weighted by atomic mass is 9.55. The van der Waals surface area contributed by atoms with Crippen molar-refractivity contribution in [3.63, 3.8) is 0 Å². The molecule has 0 unspecified atom stereocenters. The first-order valence-electron chi connectivity index (χ1n) is 13.1. The molecule has 0 N–H and O–H groups in total. The quantitative estimate of drug-likeness (QED) is 0.330. The monoisotopic (exact) mass is 499 g/mol. The lowest BCUT2D eigenvalue weighted by molar-refractivity contribution is -0.155. The molecule has 0 spiro atoms. The summed E-state index contributed by atoms with van der Waals surface area (Å²) in [6.45, 7) is 7.34. The minimum atomic E-state index is -0.649. The highest BCUT2D eigenvalue weighted by Crippen LogP contribution is 2.56. The maximum atomic E-state index is 13.6. The first kappa shape index (κ1) is 25.3. The second-order valence-corrected chi connectivity index (χ2v) is 10.7. The Hall–Kier alpha value is -3.31. The standard InChI is InChI=1S/C32H34FNO3/c1-21-17-32(20-36-19-24-8-5-4-6-9-24)30(23(3)37-31(32)35)29(22(21)2)15-14-28-13-12-26(18-34-28)25-10-7-11-27(33)16-25/h4-16,18,21-23,29-30H,17,19-20H2,1-3H3/b15-14+/t21-,22+,23+,29-,30-,32-/m0/s1. The van der Waals surface area contributed by atoms with Crippen molar-refractivity contribution in [3.05, 3.63) is 96.1 Å². The highest BCUT2D eigenvalue weighted by molar-refractivity contribution is 5.80. The van der Waals surface area contributed by atoms with Crippen molar-refractivity contribution in [1.29, 1.82) is 0 Å². The molecule has 2 fully saturated rings. The summed E-state index contributed by atoms with van der Waals surface area (Å²) in [5, 5.41) is 0. The zero-order valence-electron chi connectivity index (χ0n) is 21.6. The fraction of sp³-hybridized carbons (Fsp3) is 0.375. The van der Waals surface area contributed by atoms with Gasteiger partial charge in [0.2, 0.25) is 0 Å². The third-order valence-electron chi connectivity index (χ3n) is 8.35. The van der Waals surface area contributed by atoms with E-state index in [1.807, 2.05) is 61.5 Å². The Morgan fingerprint density at radius 2 is 1.86 bits per heavy atom. The van der Waals surface area contributed by atoms with Gasteiger partial charge < -0.3 is 9.47 Å². The minimum absolute atomic E-state index is 0.0322. The summed E-state index contributed by atoms with van der Waals surface area (Å²) < 4.78 is 25.7. The van der Waals surface area contributed by atoms with E-state index in [1.54, 1.807) is 12.3 Å². The number of fused-ring (bicyclic) bond motifs is 1. The second kappa shape index (κ2) is 10.6. The number of carbonyl (C=O) groups excluding carboxylic acids is 1. The molecule has 2 aromatic carbocycles. The lowest BCUT2D eigenvalue weighted by Gasteiger charge is -2.47. The molecule has 37 heavy (non-hydrogen) atoms.